The Morgan fingerprint density at radius 1 is 1.32 bits per heavy atom. The van der Waals surface area contributed by atoms with Crippen molar-refractivity contribution in [1.29, 1.82) is 0 Å². The van der Waals surface area contributed by atoms with Crippen molar-refractivity contribution in [1.82, 2.24) is 4.72 Å². The van der Waals surface area contributed by atoms with E-state index in [0.717, 1.165) is 0 Å². The van der Waals surface area contributed by atoms with E-state index in [1.165, 1.54) is 13.0 Å². The highest BCUT2D eigenvalue weighted by Gasteiger charge is 2.21. The van der Waals surface area contributed by atoms with Crippen LogP contribution in [0.4, 0.5) is 5.69 Å². The lowest BCUT2D eigenvalue weighted by atomic mass is 10.1. The Hall–Kier alpha value is -1.15. The van der Waals surface area contributed by atoms with E-state index in [2.05, 4.69) is 10.0 Å². The minimum absolute atomic E-state index is 0.0438. The zero-order valence-corrected chi connectivity index (χ0v) is 11.9. The first-order valence-corrected chi connectivity index (χ1v) is 7.46. The summed E-state index contributed by atoms with van der Waals surface area (Å²) in [6, 6.07) is 6.41. The molecule has 1 atom stereocenters. The summed E-state index contributed by atoms with van der Waals surface area (Å²) in [5.74, 6) is 0. The number of rotatable bonds is 7. The molecule has 0 heterocycles. The van der Waals surface area contributed by atoms with Crippen LogP contribution in [0.1, 0.15) is 13.8 Å². The van der Waals surface area contributed by atoms with Gasteiger partial charge in [-0.15, -0.1) is 0 Å². The van der Waals surface area contributed by atoms with Crippen molar-refractivity contribution in [2.75, 3.05) is 25.0 Å². The van der Waals surface area contributed by atoms with E-state index in [1.54, 1.807) is 25.1 Å². The Bertz CT molecular complexity index is 514. The van der Waals surface area contributed by atoms with Gasteiger partial charge in [-0.1, -0.05) is 19.1 Å². The highest BCUT2D eigenvalue weighted by molar-refractivity contribution is 7.89. The van der Waals surface area contributed by atoms with Crippen LogP contribution in [0, 0.1) is 0 Å². The normalized spacial score (nSPS) is 14.9. The molecule has 1 unspecified atom stereocenters. The van der Waals surface area contributed by atoms with Crippen LogP contribution in [0.5, 0.6) is 0 Å². The molecule has 0 saturated heterocycles. The maximum Gasteiger partial charge on any atom is 0.242 e. The summed E-state index contributed by atoms with van der Waals surface area (Å²) in [4.78, 5) is 0.116. The number of aliphatic hydroxyl groups is 2. The molecule has 0 aromatic heterocycles. The third-order valence-corrected chi connectivity index (χ3v) is 4.11. The van der Waals surface area contributed by atoms with Gasteiger partial charge in [-0.2, -0.15) is 0 Å². The minimum Gasteiger partial charge on any atom is -0.393 e. The number of anilines is 1. The lowest BCUT2D eigenvalue weighted by Gasteiger charge is -2.22. The Balaban J connectivity index is 2.97. The van der Waals surface area contributed by atoms with E-state index < -0.39 is 22.2 Å². The molecular weight excluding hydrogens is 268 g/mol. The maximum atomic E-state index is 12.0. The number of benzene rings is 1. The van der Waals surface area contributed by atoms with E-state index in [-0.39, 0.29) is 11.4 Å². The van der Waals surface area contributed by atoms with Crippen molar-refractivity contribution in [3.05, 3.63) is 24.3 Å². The number of aliphatic hydroxyl groups excluding tert-OH is 1. The average molecular weight is 288 g/mol. The van der Waals surface area contributed by atoms with Crippen LogP contribution in [-0.4, -0.2) is 43.9 Å². The van der Waals surface area contributed by atoms with Gasteiger partial charge in [0.05, 0.1) is 12.3 Å². The van der Waals surface area contributed by atoms with Gasteiger partial charge in [0.25, 0.3) is 0 Å². The van der Waals surface area contributed by atoms with Crippen molar-refractivity contribution in [2.24, 2.45) is 0 Å². The largest absolute Gasteiger partial charge is 0.393 e. The van der Waals surface area contributed by atoms with Gasteiger partial charge < -0.3 is 15.5 Å². The summed E-state index contributed by atoms with van der Waals surface area (Å²) < 4.78 is 26.4. The highest BCUT2D eigenvalue weighted by Crippen LogP contribution is 2.21. The van der Waals surface area contributed by atoms with Gasteiger partial charge in [0, 0.05) is 13.1 Å². The van der Waals surface area contributed by atoms with Gasteiger partial charge in [-0.05, 0) is 19.1 Å². The Morgan fingerprint density at radius 3 is 2.53 bits per heavy atom. The highest BCUT2D eigenvalue weighted by atomic mass is 32.2. The molecule has 4 N–H and O–H groups in total. The molecule has 7 heteroatoms. The lowest BCUT2D eigenvalue weighted by Crippen LogP contribution is -2.37. The maximum absolute atomic E-state index is 12.0. The fourth-order valence-electron chi connectivity index (χ4n) is 1.46. The zero-order chi connectivity index (χ0) is 14.5. The fraction of sp³-hybridized carbons (Fsp3) is 0.500. The summed E-state index contributed by atoms with van der Waals surface area (Å²) in [6.07, 6.45) is 0. The summed E-state index contributed by atoms with van der Waals surface area (Å²) in [5.41, 5.74) is -0.924. The van der Waals surface area contributed by atoms with Crippen LogP contribution in [0.25, 0.3) is 0 Å². The predicted molar refractivity (Wildman–Crippen MR) is 73.5 cm³/mol. The minimum atomic E-state index is -3.57. The molecule has 0 aliphatic heterocycles. The van der Waals surface area contributed by atoms with E-state index in [0.29, 0.717) is 12.2 Å². The molecule has 0 saturated carbocycles. The van der Waals surface area contributed by atoms with E-state index in [9.17, 15) is 13.5 Å². The first-order chi connectivity index (χ1) is 8.82. The van der Waals surface area contributed by atoms with E-state index in [4.69, 9.17) is 5.11 Å². The molecule has 0 aliphatic carbocycles. The van der Waals surface area contributed by atoms with Crippen LogP contribution in [0.15, 0.2) is 29.2 Å². The molecule has 1 rings (SSSR count). The first-order valence-electron chi connectivity index (χ1n) is 5.98. The van der Waals surface area contributed by atoms with Gasteiger partial charge >= 0.3 is 0 Å². The summed E-state index contributed by atoms with van der Waals surface area (Å²) >= 11 is 0. The topological polar surface area (TPSA) is 98.7 Å². The molecule has 1 aromatic rings. The molecule has 0 radical (unpaired) electrons. The molecule has 0 amide bonds. The van der Waals surface area contributed by atoms with Gasteiger partial charge in [-0.25, -0.2) is 13.1 Å². The number of nitrogens with one attached hydrogen (secondary N) is 2. The Labute approximate surface area is 113 Å². The second-order valence-corrected chi connectivity index (χ2v) is 6.24. The van der Waals surface area contributed by atoms with Crippen LogP contribution >= 0.6 is 0 Å². The second kappa shape index (κ2) is 6.33. The number of para-hydroxylation sites is 1. The number of hydrogen-bond donors (Lipinski definition) is 4. The van der Waals surface area contributed by atoms with E-state index >= 15 is 0 Å². The van der Waals surface area contributed by atoms with Crippen LogP contribution in [-0.2, 0) is 10.0 Å². The summed E-state index contributed by atoms with van der Waals surface area (Å²) in [5, 5.41) is 21.5. The molecule has 0 bridgehead atoms. The van der Waals surface area contributed by atoms with E-state index in [1.807, 2.05) is 0 Å². The molecule has 0 fully saturated rings. The zero-order valence-electron chi connectivity index (χ0n) is 11.0. The average Bonchev–Trinajstić information content (AvgIpc) is 2.37. The number of hydrogen-bond acceptors (Lipinski definition) is 5. The van der Waals surface area contributed by atoms with Crippen LogP contribution in [0.2, 0.25) is 0 Å². The molecule has 108 valence electrons. The second-order valence-electron chi connectivity index (χ2n) is 4.51. The fourth-order valence-corrected chi connectivity index (χ4v) is 2.68. The predicted octanol–water partition coefficient (Wildman–Crippen LogP) is 0.140. The van der Waals surface area contributed by atoms with Crippen LogP contribution in [0.3, 0.4) is 0 Å². The molecule has 1 aromatic carbocycles. The molecule has 6 nitrogen and oxygen atoms in total. The van der Waals surface area contributed by atoms with Crippen molar-refractivity contribution in [3.8, 4) is 0 Å². The standard InChI is InChI=1S/C12H20N2O4S/c1-3-14-19(17,18)11-7-5-4-6-10(11)13-8-12(2,16)9-15/h4-7,13-16H,3,8-9H2,1-2H3. The number of sulfonamides is 1. The van der Waals surface area contributed by atoms with Crippen molar-refractivity contribution in [2.45, 2.75) is 24.3 Å². The smallest absolute Gasteiger partial charge is 0.242 e. The first kappa shape index (κ1) is 15.9. The molecule has 0 spiro atoms. The quantitative estimate of drug-likeness (QED) is 0.572. The summed E-state index contributed by atoms with van der Waals surface area (Å²) in [7, 11) is -3.57. The van der Waals surface area contributed by atoms with Crippen molar-refractivity contribution >= 4 is 15.7 Å². The SMILES string of the molecule is CCNS(=O)(=O)c1ccccc1NCC(C)(O)CO. The van der Waals surface area contributed by atoms with Crippen molar-refractivity contribution < 1.29 is 18.6 Å². The third-order valence-electron chi connectivity index (χ3n) is 2.51. The molecule has 19 heavy (non-hydrogen) atoms. The molecule has 0 aliphatic rings. The molecular formula is C12H20N2O4S. The van der Waals surface area contributed by atoms with Crippen molar-refractivity contribution in [3.63, 3.8) is 0 Å². The van der Waals surface area contributed by atoms with Gasteiger partial charge in [0.1, 0.15) is 10.5 Å². The summed E-state index contributed by atoms with van der Waals surface area (Å²) in [6.45, 7) is 3.08. The van der Waals surface area contributed by atoms with Gasteiger partial charge in [-0.3, -0.25) is 0 Å². The Morgan fingerprint density at radius 2 is 1.95 bits per heavy atom. The van der Waals surface area contributed by atoms with Crippen LogP contribution < -0.4 is 10.0 Å². The van der Waals surface area contributed by atoms with Gasteiger partial charge in [0.2, 0.25) is 10.0 Å². The third kappa shape index (κ3) is 4.46. The van der Waals surface area contributed by atoms with Gasteiger partial charge in [0.15, 0.2) is 0 Å². The lowest BCUT2D eigenvalue weighted by molar-refractivity contribution is 0.0132. The Kier molecular flexibility index (Phi) is 5.30. The monoisotopic (exact) mass is 288 g/mol.